The summed E-state index contributed by atoms with van der Waals surface area (Å²) in [5.41, 5.74) is 0. The molecule has 0 spiro atoms. The van der Waals surface area contributed by atoms with Gasteiger partial charge in [0.05, 0.1) is 6.54 Å². The molecule has 2 N–H and O–H groups in total. The first-order valence-electron chi connectivity index (χ1n) is 6.04. The molecule has 0 saturated heterocycles. The van der Waals surface area contributed by atoms with Gasteiger partial charge in [-0.25, -0.2) is 4.98 Å². The molecule has 6 nitrogen and oxygen atoms in total. The molecule has 0 aromatic carbocycles. The van der Waals surface area contributed by atoms with E-state index in [1.807, 2.05) is 13.1 Å². The van der Waals surface area contributed by atoms with E-state index < -0.39 is 0 Å². The second kappa shape index (κ2) is 6.63. The van der Waals surface area contributed by atoms with Crippen LogP contribution in [0.3, 0.4) is 0 Å². The molecule has 0 aliphatic heterocycles. The molecule has 19 heavy (non-hydrogen) atoms. The molecule has 0 unspecified atom stereocenters. The van der Waals surface area contributed by atoms with Gasteiger partial charge >= 0.3 is 0 Å². The van der Waals surface area contributed by atoms with E-state index in [9.17, 15) is 0 Å². The van der Waals surface area contributed by atoms with Gasteiger partial charge in [-0.15, -0.1) is 11.3 Å². The third kappa shape index (κ3) is 4.00. The van der Waals surface area contributed by atoms with Crippen LogP contribution in [0.5, 0.6) is 0 Å². The van der Waals surface area contributed by atoms with Gasteiger partial charge in [0.2, 0.25) is 17.2 Å². The van der Waals surface area contributed by atoms with Gasteiger partial charge in [0.15, 0.2) is 0 Å². The van der Waals surface area contributed by atoms with Crippen LogP contribution < -0.4 is 10.6 Å². The normalized spacial score (nSPS) is 10.5. The number of anilines is 2. The number of hydrogen-bond acceptors (Lipinski definition) is 7. The third-order valence-corrected chi connectivity index (χ3v) is 3.60. The Hall–Kier alpha value is -1.47. The van der Waals surface area contributed by atoms with Crippen molar-refractivity contribution in [2.24, 2.45) is 0 Å². The summed E-state index contributed by atoms with van der Waals surface area (Å²) in [5, 5.41) is 7.27. The van der Waals surface area contributed by atoms with Crippen molar-refractivity contribution in [3.05, 3.63) is 21.4 Å². The molecule has 2 heterocycles. The minimum atomic E-state index is 0.168. The fraction of sp³-hybridized carbons (Fsp3) is 0.455. The highest BCUT2D eigenvalue weighted by atomic mass is 35.5. The summed E-state index contributed by atoms with van der Waals surface area (Å²) in [7, 11) is 0. The van der Waals surface area contributed by atoms with Gasteiger partial charge in [0.1, 0.15) is 5.01 Å². The topological polar surface area (TPSA) is 75.6 Å². The molecular formula is C11H15ClN6S. The van der Waals surface area contributed by atoms with E-state index in [2.05, 4.69) is 37.5 Å². The summed E-state index contributed by atoms with van der Waals surface area (Å²) < 4.78 is 0. The Balaban J connectivity index is 2.02. The highest BCUT2D eigenvalue weighted by molar-refractivity contribution is 7.11. The quantitative estimate of drug-likeness (QED) is 0.854. The van der Waals surface area contributed by atoms with Crippen molar-refractivity contribution in [3.63, 3.8) is 0 Å². The molecule has 0 saturated carbocycles. The predicted octanol–water partition coefficient (Wildman–Crippen LogP) is 2.59. The fourth-order valence-electron chi connectivity index (χ4n) is 1.41. The summed E-state index contributed by atoms with van der Waals surface area (Å²) in [6, 6.07) is 0. The number of aromatic nitrogens is 4. The first-order chi connectivity index (χ1) is 9.21. The van der Waals surface area contributed by atoms with Crippen molar-refractivity contribution >= 4 is 34.8 Å². The molecule has 0 amide bonds. The van der Waals surface area contributed by atoms with E-state index in [4.69, 9.17) is 11.6 Å². The zero-order valence-corrected chi connectivity index (χ0v) is 12.3. The maximum atomic E-state index is 5.84. The zero-order valence-electron chi connectivity index (χ0n) is 10.8. The highest BCUT2D eigenvalue weighted by Gasteiger charge is 2.05. The van der Waals surface area contributed by atoms with Crippen LogP contribution in [0.15, 0.2) is 6.20 Å². The van der Waals surface area contributed by atoms with Crippen molar-refractivity contribution in [1.82, 2.24) is 19.9 Å². The number of hydrogen-bond donors (Lipinski definition) is 2. The lowest BCUT2D eigenvalue weighted by Gasteiger charge is -2.05. The lowest BCUT2D eigenvalue weighted by atomic mass is 10.4. The standard InChI is InChI=1S/C11H15ClN6S/c1-3-7-5-14-8(19-7)6-15-11-17-9(12)16-10(18-11)13-4-2/h5H,3-4,6H2,1-2H3,(H2,13,15,16,17,18). The molecule has 0 radical (unpaired) electrons. The van der Waals surface area contributed by atoms with E-state index in [1.54, 1.807) is 11.3 Å². The number of halogens is 1. The molecule has 2 rings (SSSR count). The third-order valence-electron chi connectivity index (χ3n) is 2.29. The summed E-state index contributed by atoms with van der Waals surface area (Å²) in [6.07, 6.45) is 2.89. The molecule has 0 aliphatic carbocycles. The largest absolute Gasteiger partial charge is 0.354 e. The lowest BCUT2D eigenvalue weighted by molar-refractivity contribution is 0.981. The van der Waals surface area contributed by atoms with Gasteiger partial charge in [-0.05, 0) is 24.9 Å². The van der Waals surface area contributed by atoms with Gasteiger partial charge < -0.3 is 10.6 Å². The van der Waals surface area contributed by atoms with Crippen LogP contribution in [0.4, 0.5) is 11.9 Å². The number of nitrogens with zero attached hydrogens (tertiary/aromatic N) is 4. The Labute approximate surface area is 120 Å². The zero-order chi connectivity index (χ0) is 13.7. The van der Waals surface area contributed by atoms with Crippen molar-refractivity contribution < 1.29 is 0 Å². The van der Waals surface area contributed by atoms with Crippen LogP contribution in [-0.4, -0.2) is 26.5 Å². The van der Waals surface area contributed by atoms with Gasteiger partial charge in [-0.1, -0.05) is 6.92 Å². The van der Waals surface area contributed by atoms with Crippen LogP contribution in [0, 0.1) is 0 Å². The number of rotatable bonds is 6. The summed E-state index contributed by atoms with van der Waals surface area (Å²) in [6.45, 7) is 5.38. The number of thiazole rings is 1. The fourth-order valence-corrected chi connectivity index (χ4v) is 2.38. The van der Waals surface area contributed by atoms with E-state index in [0.29, 0.717) is 18.4 Å². The van der Waals surface area contributed by atoms with Crippen molar-refractivity contribution in [2.45, 2.75) is 26.8 Å². The average Bonchev–Trinajstić information content (AvgIpc) is 2.84. The van der Waals surface area contributed by atoms with Gasteiger partial charge in [0.25, 0.3) is 0 Å². The van der Waals surface area contributed by atoms with Crippen LogP contribution in [0.25, 0.3) is 0 Å². The first kappa shape index (κ1) is 14.0. The number of aryl methyl sites for hydroxylation is 1. The first-order valence-corrected chi connectivity index (χ1v) is 7.23. The van der Waals surface area contributed by atoms with Crippen LogP contribution in [0.1, 0.15) is 23.7 Å². The SMILES string of the molecule is CCNc1nc(Cl)nc(NCc2ncc(CC)s2)n1. The van der Waals surface area contributed by atoms with E-state index >= 15 is 0 Å². The average molecular weight is 299 g/mol. The summed E-state index contributed by atoms with van der Waals surface area (Å²) in [5.74, 6) is 0.919. The molecule has 8 heteroatoms. The molecule has 0 fully saturated rings. The van der Waals surface area contributed by atoms with Crippen molar-refractivity contribution in [2.75, 3.05) is 17.2 Å². The van der Waals surface area contributed by atoms with Crippen LogP contribution in [-0.2, 0) is 13.0 Å². The summed E-state index contributed by atoms with van der Waals surface area (Å²) >= 11 is 7.52. The molecule has 2 aromatic rings. The number of nitrogens with one attached hydrogen (secondary N) is 2. The Morgan fingerprint density at radius 2 is 1.89 bits per heavy atom. The van der Waals surface area contributed by atoms with Crippen LogP contribution >= 0.6 is 22.9 Å². The molecule has 2 aromatic heterocycles. The molecule has 0 bridgehead atoms. The lowest BCUT2D eigenvalue weighted by Crippen LogP contribution is -2.08. The maximum absolute atomic E-state index is 5.84. The monoisotopic (exact) mass is 298 g/mol. The molecule has 102 valence electrons. The van der Waals surface area contributed by atoms with Crippen molar-refractivity contribution in [1.29, 1.82) is 0 Å². The predicted molar refractivity (Wildman–Crippen MR) is 77.8 cm³/mol. The smallest absolute Gasteiger partial charge is 0.229 e. The molecule has 0 atom stereocenters. The second-order valence-electron chi connectivity index (χ2n) is 3.71. The van der Waals surface area contributed by atoms with Gasteiger partial charge in [-0.2, -0.15) is 15.0 Å². The Morgan fingerprint density at radius 1 is 1.16 bits per heavy atom. The minimum absolute atomic E-state index is 0.168. The summed E-state index contributed by atoms with van der Waals surface area (Å²) in [4.78, 5) is 17.8. The van der Waals surface area contributed by atoms with E-state index in [1.165, 1.54) is 4.88 Å². The molecule has 0 aliphatic rings. The van der Waals surface area contributed by atoms with Gasteiger partial charge in [0, 0.05) is 17.6 Å². The van der Waals surface area contributed by atoms with Crippen molar-refractivity contribution in [3.8, 4) is 0 Å². The maximum Gasteiger partial charge on any atom is 0.229 e. The van der Waals surface area contributed by atoms with E-state index in [-0.39, 0.29) is 5.28 Å². The van der Waals surface area contributed by atoms with Crippen LogP contribution in [0.2, 0.25) is 5.28 Å². The minimum Gasteiger partial charge on any atom is -0.354 e. The second-order valence-corrected chi connectivity index (χ2v) is 5.25. The highest BCUT2D eigenvalue weighted by Crippen LogP contribution is 2.15. The Kier molecular flexibility index (Phi) is 4.86. The Morgan fingerprint density at radius 3 is 2.53 bits per heavy atom. The molecular weight excluding hydrogens is 284 g/mol. The Bertz CT molecular complexity index is 544. The van der Waals surface area contributed by atoms with Gasteiger partial charge in [-0.3, -0.25) is 0 Å². The van der Waals surface area contributed by atoms with E-state index in [0.717, 1.165) is 18.0 Å².